The Morgan fingerprint density at radius 1 is 1.17 bits per heavy atom. The summed E-state index contributed by atoms with van der Waals surface area (Å²) in [5, 5.41) is 3.68. The summed E-state index contributed by atoms with van der Waals surface area (Å²) in [6.45, 7) is 4.33. The number of hydrogen-bond donors (Lipinski definition) is 1. The van der Waals surface area contributed by atoms with Crippen molar-refractivity contribution in [2.75, 3.05) is 33.2 Å². The van der Waals surface area contributed by atoms with Gasteiger partial charge in [-0.1, -0.05) is 30.4 Å². The second-order valence-electron chi connectivity index (χ2n) is 7.24. The first-order valence-electron chi connectivity index (χ1n) is 8.64. The van der Waals surface area contributed by atoms with Crippen LogP contribution in [0.4, 0.5) is 0 Å². The van der Waals surface area contributed by atoms with E-state index < -0.39 is 0 Å². The third-order valence-corrected chi connectivity index (χ3v) is 5.75. The lowest BCUT2D eigenvalue weighted by Crippen LogP contribution is -2.56. The minimum absolute atomic E-state index is 0.394. The predicted molar refractivity (Wildman–Crippen MR) is 90.3 cm³/mol. The number of benzene rings is 1. The first kappa shape index (κ1) is 13.6. The number of nitrogens with one attached hydrogen (secondary N) is 1. The van der Waals surface area contributed by atoms with Crippen molar-refractivity contribution in [2.24, 2.45) is 5.92 Å². The second-order valence-corrected chi connectivity index (χ2v) is 7.24. The van der Waals surface area contributed by atoms with Crippen molar-refractivity contribution in [1.29, 1.82) is 0 Å². The van der Waals surface area contributed by atoms with Crippen molar-refractivity contribution >= 4 is 0 Å². The first-order valence-corrected chi connectivity index (χ1v) is 8.64. The van der Waals surface area contributed by atoms with Crippen LogP contribution in [0.15, 0.2) is 48.4 Å². The maximum absolute atomic E-state index is 6.39. The van der Waals surface area contributed by atoms with Gasteiger partial charge in [0.15, 0.2) is 5.88 Å². The molecule has 120 valence electrons. The molecule has 23 heavy (non-hydrogen) atoms. The molecule has 0 radical (unpaired) electrons. The summed E-state index contributed by atoms with van der Waals surface area (Å²) in [5.74, 6) is 3.17. The van der Waals surface area contributed by atoms with E-state index in [1.54, 1.807) is 0 Å². The average molecular weight is 309 g/mol. The molecule has 1 aromatic carbocycles. The van der Waals surface area contributed by atoms with E-state index in [1.807, 2.05) is 0 Å². The van der Waals surface area contributed by atoms with E-state index in [9.17, 15) is 0 Å². The fourth-order valence-electron chi connectivity index (χ4n) is 4.88. The summed E-state index contributed by atoms with van der Waals surface area (Å²) in [6, 6.07) is 9.51. The van der Waals surface area contributed by atoms with E-state index in [0.717, 1.165) is 37.8 Å². The Morgan fingerprint density at radius 3 is 3.04 bits per heavy atom. The molecule has 0 amide bonds. The largest absolute Gasteiger partial charge is 0.441 e. The van der Waals surface area contributed by atoms with Gasteiger partial charge in [0, 0.05) is 49.6 Å². The molecule has 5 rings (SSSR count). The topological polar surface area (TPSA) is 27.7 Å². The number of rotatable bonds is 0. The molecule has 0 spiro atoms. The lowest BCUT2D eigenvalue weighted by Gasteiger charge is -2.48. The van der Waals surface area contributed by atoms with Crippen LogP contribution in [0.25, 0.3) is 0 Å². The Kier molecular flexibility index (Phi) is 3.03. The van der Waals surface area contributed by atoms with E-state index in [1.165, 1.54) is 5.56 Å². The number of likely N-dealkylation sites (N-methyl/N-ethyl adjacent to an activating group) is 1. The Bertz CT molecular complexity index is 683. The van der Waals surface area contributed by atoms with E-state index in [0.29, 0.717) is 23.9 Å². The van der Waals surface area contributed by atoms with Gasteiger partial charge in [0.05, 0.1) is 6.04 Å². The van der Waals surface area contributed by atoms with Crippen molar-refractivity contribution in [3.8, 4) is 5.75 Å². The lowest BCUT2D eigenvalue weighted by molar-refractivity contribution is 0.0525. The minimum atomic E-state index is 0.394. The molecule has 1 N–H and O–H groups in total. The van der Waals surface area contributed by atoms with Crippen LogP contribution in [0, 0.1) is 5.92 Å². The Balaban J connectivity index is 1.70. The van der Waals surface area contributed by atoms with Gasteiger partial charge in [-0.3, -0.25) is 0 Å². The molecule has 2 saturated heterocycles. The molecule has 1 aromatic rings. The van der Waals surface area contributed by atoms with Gasteiger partial charge in [-0.25, -0.2) is 0 Å². The van der Waals surface area contributed by atoms with Gasteiger partial charge in [0.2, 0.25) is 0 Å². The van der Waals surface area contributed by atoms with Crippen LogP contribution in [0.5, 0.6) is 5.75 Å². The molecule has 4 atom stereocenters. The molecule has 0 bridgehead atoms. The number of para-hydroxylation sites is 1. The lowest BCUT2D eigenvalue weighted by atomic mass is 9.78. The van der Waals surface area contributed by atoms with Gasteiger partial charge in [0.1, 0.15) is 5.75 Å². The van der Waals surface area contributed by atoms with Crippen molar-refractivity contribution in [1.82, 2.24) is 15.1 Å². The van der Waals surface area contributed by atoms with Crippen LogP contribution < -0.4 is 10.1 Å². The van der Waals surface area contributed by atoms with Crippen molar-refractivity contribution < 1.29 is 4.74 Å². The van der Waals surface area contributed by atoms with Crippen LogP contribution in [0.1, 0.15) is 11.5 Å². The fourth-order valence-corrected chi connectivity index (χ4v) is 4.88. The monoisotopic (exact) mass is 309 g/mol. The highest BCUT2D eigenvalue weighted by molar-refractivity contribution is 5.42. The van der Waals surface area contributed by atoms with Gasteiger partial charge in [-0.2, -0.15) is 0 Å². The zero-order valence-electron chi connectivity index (χ0n) is 13.5. The van der Waals surface area contributed by atoms with Crippen LogP contribution >= 0.6 is 0 Å². The SMILES string of the molecule is CN1CC2CNCC3C=CC=C4Oc5ccccc5C(C1)C2N43. The van der Waals surface area contributed by atoms with E-state index >= 15 is 0 Å². The summed E-state index contributed by atoms with van der Waals surface area (Å²) in [7, 11) is 2.25. The highest BCUT2D eigenvalue weighted by Gasteiger charge is 2.47. The molecular weight excluding hydrogens is 286 g/mol. The van der Waals surface area contributed by atoms with Gasteiger partial charge in [0.25, 0.3) is 0 Å². The summed E-state index contributed by atoms with van der Waals surface area (Å²) in [6.07, 6.45) is 6.60. The highest BCUT2D eigenvalue weighted by Crippen LogP contribution is 2.44. The molecule has 2 fully saturated rings. The molecule has 0 aromatic heterocycles. The Morgan fingerprint density at radius 2 is 2.09 bits per heavy atom. The van der Waals surface area contributed by atoms with Crippen molar-refractivity contribution in [3.05, 3.63) is 53.9 Å². The van der Waals surface area contributed by atoms with Gasteiger partial charge >= 0.3 is 0 Å². The number of piperidine rings is 1. The molecule has 0 aliphatic carbocycles. The third kappa shape index (κ3) is 2.05. The summed E-state index contributed by atoms with van der Waals surface area (Å²) in [4.78, 5) is 5.04. The molecule has 4 nitrogen and oxygen atoms in total. The number of ether oxygens (including phenoxy) is 1. The minimum Gasteiger partial charge on any atom is -0.441 e. The second kappa shape index (κ2) is 5.11. The highest BCUT2D eigenvalue weighted by atomic mass is 16.5. The van der Waals surface area contributed by atoms with Crippen molar-refractivity contribution in [2.45, 2.75) is 18.0 Å². The van der Waals surface area contributed by atoms with Gasteiger partial charge in [-0.05, 0) is 19.2 Å². The van der Waals surface area contributed by atoms with Gasteiger partial charge < -0.3 is 19.9 Å². The zero-order valence-corrected chi connectivity index (χ0v) is 13.5. The number of hydrogen-bond acceptors (Lipinski definition) is 4. The van der Waals surface area contributed by atoms with Crippen molar-refractivity contribution in [3.63, 3.8) is 0 Å². The van der Waals surface area contributed by atoms with Crippen LogP contribution in [-0.4, -0.2) is 55.1 Å². The average Bonchev–Trinajstić information content (AvgIpc) is 2.82. The molecule has 4 heterocycles. The van der Waals surface area contributed by atoms with E-state index in [2.05, 4.69) is 64.7 Å². The van der Waals surface area contributed by atoms with Crippen LogP contribution in [0.2, 0.25) is 0 Å². The number of nitrogens with zero attached hydrogens (tertiary/aromatic N) is 2. The van der Waals surface area contributed by atoms with Gasteiger partial charge in [-0.15, -0.1) is 0 Å². The molecular formula is C19H23N3O. The number of allylic oxidation sites excluding steroid dienone is 2. The Hall–Kier alpha value is -1.78. The summed E-state index contributed by atoms with van der Waals surface area (Å²) in [5.41, 5.74) is 1.37. The number of likely N-dealkylation sites (tertiary alicyclic amines) is 1. The standard InChI is InChI=1S/C19H23N3O/c1-21-11-13-9-20-10-14-5-4-8-18-22(14)19(13)16(12-21)15-6-2-3-7-17(15)23-18/h2-8,13-14,16,19-20H,9-12H2,1H3. The van der Waals surface area contributed by atoms with E-state index in [-0.39, 0.29) is 0 Å². The molecule has 4 aliphatic rings. The smallest absolute Gasteiger partial charge is 0.196 e. The van der Waals surface area contributed by atoms with Crippen LogP contribution in [-0.2, 0) is 0 Å². The number of fused-ring (bicyclic) bond motifs is 2. The zero-order chi connectivity index (χ0) is 15.4. The van der Waals surface area contributed by atoms with Crippen LogP contribution in [0.3, 0.4) is 0 Å². The quantitative estimate of drug-likeness (QED) is 0.791. The fraction of sp³-hybridized carbons (Fsp3) is 0.474. The maximum Gasteiger partial charge on any atom is 0.196 e. The normalized spacial score (nSPS) is 35.3. The first-order chi connectivity index (χ1) is 11.3. The van der Waals surface area contributed by atoms with E-state index in [4.69, 9.17) is 4.74 Å². The molecule has 0 saturated carbocycles. The predicted octanol–water partition coefficient (Wildman–Crippen LogP) is 1.78. The Labute approximate surface area is 137 Å². The summed E-state index contributed by atoms with van der Waals surface area (Å²) >= 11 is 0. The molecule has 4 aliphatic heterocycles. The molecule has 4 unspecified atom stereocenters. The maximum atomic E-state index is 6.39. The molecule has 4 heteroatoms. The summed E-state index contributed by atoms with van der Waals surface area (Å²) < 4.78 is 6.39. The third-order valence-electron chi connectivity index (χ3n) is 5.75.